The molecule has 1 saturated heterocycles. The fourth-order valence-corrected chi connectivity index (χ4v) is 2.91. The third-order valence-electron chi connectivity index (χ3n) is 4.37. The molecular weight excluding hydrogens is 266 g/mol. The van der Waals surface area contributed by atoms with Gasteiger partial charge in [0.2, 0.25) is 5.91 Å². The van der Waals surface area contributed by atoms with E-state index in [0.717, 1.165) is 25.1 Å². The Hall–Kier alpha value is -1.33. The molecule has 0 bridgehead atoms. The summed E-state index contributed by atoms with van der Waals surface area (Å²) in [4.78, 5) is 14.4. The second-order valence-corrected chi connectivity index (χ2v) is 6.05. The molecule has 0 radical (unpaired) electrons. The van der Waals surface area contributed by atoms with Crippen molar-refractivity contribution < 1.29 is 9.21 Å². The lowest BCUT2D eigenvalue weighted by Gasteiger charge is -2.30. The summed E-state index contributed by atoms with van der Waals surface area (Å²) in [5.41, 5.74) is 0. The highest BCUT2D eigenvalue weighted by Crippen LogP contribution is 2.20. The van der Waals surface area contributed by atoms with Gasteiger partial charge in [-0.2, -0.15) is 0 Å². The number of hydrogen-bond donors (Lipinski definition) is 2. The summed E-state index contributed by atoms with van der Waals surface area (Å²) in [6.45, 7) is 3.70. The smallest absolute Gasteiger partial charge is 0.237 e. The van der Waals surface area contributed by atoms with Crippen molar-refractivity contribution in [3.63, 3.8) is 0 Å². The Morgan fingerprint density at radius 2 is 2.38 bits per heavy atom. The van der Waals surface area contributed by atoms with Crippen molar-refractivity contribution in [3.8, 4) is 0 Å². The molecule has 1 aromatic rings. The number of hydrogen-bond acceptors (Lipinski definition) is 4. The summed E-state index contributed by atoms with van der Waals surface area (Å²) >= 11 is 0. The number of nitrogens with one attached hydrogen (secondary N) is 2. The second-order valence-electron chi connectivity index (χ2n) is 6.05. The third kappa shape index (κ3) is 4.32. The first-order chi connectivity index (χ1) is 10.1. The van der Waals surface area contributed by atoms with Crippen LogP contribution < -0.4 is 10.6 Å². The summed E-state index contributed by atoms with van der Waals surface area (Å²) in [6, 6.07) is 3.84. The predicted molar refractivity (Wildman–Crippen MR) is 83.0 cm³/mol. The van der Waals surface area contributed by atoms with E-state index >= 15 is 0 Å². The van der Waals surface area contributed by atoms with Crippen LogP contribution in [0, 0.1) is 5.92 Å². The van der Waals surface area contributed by atoms with Crippen LogP contribution in [0.25, 0.3) is 0 Å². The van der Waals surface area contributed by atoms with Gasteiger partial charge >= 0.3 is 0 Å². The lowest BCUT2D eigenvalue weighted by molar-refractivity contribution is -0.124. The van der Waals surface area contributed by atoms with Gasteiger partial charge in [-0.25, -0.2) is 0 Å². The number of carbonyl (C=O) groups is 1. The van der Waals surface area contributed by atoms with Crippen molar-refractivity contribution in [2.45, 2.75) is 38.3 Å². The molecule has 3 unspecified atom stereocenters. The van der Waals surface area contributed by atoms with Crippen LogP contribution in [0.3, 0.4) is 0 Å². The predicted octanol–water partition coefficient (Wildman–Crippen LogP) is 1.78. The lowest BCUT2D eigenvalue weighted by atomic mass is 9.90. The maximum Gasteiger partial charge on any atom is 0.237 e. The highest BCUT2D eigenvalue weighted by atomic mass is 16.3. The van der Waals surface area contributed by atoms with Gasteiger partial charge in [0.1, 0.15) is 5.76 Å². The maximum atomic E-state index is 12.3. The van der Waals surface area contributed by atoms with Gasteiger partial charge in [-0.3, -0.25) is 9.69 Å². The largest absolute Gasteiger partial charge is 0.468 e. The molecule has 2 rings (SSSR count). The molecule has 0 aromatic carbocycles. The number of furan rings is 1. The van der Waals surface area contributed by atoms with E-state index in [2.05, 4.69) is 22.5 Å². The summed E-state index contributed by atoms with van der Waals surface area (Å²) in [5.74, 6) is 1.65. The van der Waals surface area contributed by atoms with Gasteiger partial charge in [-0.1, -0.05) is 13.3 Å². The van der Waals surface area contributed by atoms with Crippen LogP contribution in [0.15, 0.2) is 22.8 Å². The lowest BCUT2D eigenvalue weighted by Crippen LogP contribution is -2.50. The minimum Gasteiger partial charge on any atom is -0.468 e. The zero-order valence-electron chi connectivity index (χ0n) is 13.3. The Balaban J connectivity index is 1.87. The molecule has 0 spiro atoms. The van der Waals surface area contributed by atoms with E-state index in [-0.39, 0.29) is 18.0 Å². The van der Waals surface area contributed by atoms with Gasteiger partial charge in [0.05, 0.1) is 18.3 Å². The van der Waals surface area contributed by atoms with Crippen molar-refractivity contribution in [3.05, 3.63) is 24.2 Å². The van der Waals surface area contributed by atoms with Gasteiger partial charge in [0.25, 0.3) is 0 Å². The SMILES string of the molecule is CCC1CCNC(C(=O)NCC(c2ccco2)N(C)C)C1. The molecule has 1 aliphatic heterocycles. The van der Waals surface area contributed by atoms with Crippen LogP contribution >= 0.6 is 0 Å². The van der Waals surface area contributed by atoms with Crippen LogP contribution in [0.1, 0.15) is 38.0 Å². The van der Waals surface area contributed by atoms with Gasteiger partial charge in [0, 0.05) is 6.54 Å². The van der Waals surface area contributed by atoms with Crippen LogP contribution in [-0.2, 0) is 4.79 Å². The molecule has 1 amide bonds. The highest BCUT2D eigenvalue weighted by molar-refractivity contribution is 5.81. The van der Waals surface area contributed by atoms with Crippen LogP contribution in [-0.4, -0.2) is 44.0 Å². The monoisotopic (exact) mass is 293 g/mol. The first-order valence-electron chi connectivity index (χ1n) is 7.82. The molecule has 21 heavy (non-hydrogen) atoms. The van der Waals surface area contributed by atoms with Gasteiger partial charge in [-0.15, -0.1) is 0 Å². The van der Waals surface area contributed by atoms with Crippen LogP contribution in [0.2, 0.25) is 0 Å². The Morgan fingerprint density at radius 1 is 1.57 bits per heavy atom. The van der Waals surface area contributed by atoms with E-state index in [0.29, 0.717) is 12.5 Å². The minimum absolute atomic E-state index is 0.0527. The Bertz CT molecular complexity index is 431. The van der Waals surface area contributed by atoms with Crippen molar-refractivity contribution in [1.82, 2.24) is 15.5 Å². The summed E-state index contributed by atoms with van der Waals surface area (Å²) in [7, 11) is 3.98. The van der Waals surface area contributed by atoms with E-state index in [1.165, 1.54) is 6.42 Å². The van der Waals surface area contributed by atoms with Crippen molar-refractivity contribution >= 4 is 5.91 Å². The molecule has 1 fully saturated rings. The summed E-state index contributed by atoms with van der Waals surface area (Å²) in [5, 5.41) is 6.39. The third-order valence-corrected chi connectivity index (χ3v) is 4.37. The molecular formula is C16H27N3O2. The van der Waals surface area contributed by atoms with Gasteiger partial charge in [0.15, 0.2) is 0 Å². The molecule has 2 N–H and O–H groups in total. The topological polar surface area (TPSA) is 57.5 Å². The zero-order chi connectivity index (χ0) is 15.2. The van der Waals surface area contributed by atoms with E-state index in [9.17, 15) is 4.79 Å². The molecule has 5 nitrogen and oxygen atoms in total. The molecule has 1 aliphatic rings. The van der Waals surface area contributed by atoms with E-state index in [1.54, 1.807) is 6.26 Å². The van der Waals surface area contributed by atoms with Crippen molar-refractivity contribution in [1.29, 1.82) is 0 Å². The second kappa shape index (κ2) is 7.61. The number of piperidine rings is 1. The Kier molecular flexibility index (Phi) is 5.82. The normalized spacial score (nSPS) is 24.0. The number of nitrogens with zero attached hydrogens (tertiary/aromatic N) is 1. The van der Waals surface area contributed by atoms with Gasteiger partial charge in [-0.05, 0) is 51.5 Å². The molecule has 3 atom stereocenters. The highest BCUT2D eigenvalue weighted by Gasteiger charge is 2.27. The first-order valence-corrected chi connectivity index (χ1v) is 7.82. The number of rotatable bonds is 6. The Morgan fingerprint density at radius 3 is 3.00 bits per heavy atom. The minimum atomic E-state index is -0.0527. The molecule has 1 aromatic heterocycles. The molecule has 2 heterocycles. The molecule has 0 saturated carbocycles. The summed E-state index contributed by atoms with van der Waals surface area (Å²) in [6.07, 6.45) is 4.93. The number of likely N-dealkylation sites (N-methyl/N-ethyl adjacent to an activating group) is 1. The Labute approximate surface area is 127 Å². The fourth-order valence-electron chi connectivity index (χ4n) is 2.91. The average molecular weight is 293 g/mol. The summed E-state index contributed by atoms with van der Waals surface area (Å²) < 4.78 is 5.46. The average Bonchev–Trinajstić information content (AvgIpc) is 3.01. The molecule has 5 heteroatoms. The van der Waals surface area contributed by atoms with Crippen molar-refractivity contribution in [2.75, 3.05) is 27.2 Å². The molecule has 118 valence electrons. The van der Waals surface area contributed by atoms with E-state index in [4.69, 9.17) is 4.42 Å². The zero-order valence-corrected chi connectivity index (χ0v) is 13.3. The van der Waals surface area contributed by atoms with Gasteiger partial charge < -0.3 is 15.1 Å². The standard InChI is InChI=1S/C16H27N3O2/c1-4-12-7-8-17-13(10-12)16(20)18-11-14(19(2)3)15-6-5-9-21-15/h5-6,9,12-14,17H,4,7-8,10-11H2,1-3H3,(H,18,20). The maximum absolute atomic E-state index is 12.3. The number of amides is 1. The first kappa shape index (κ1) is 16.0. The molecule has 0 aliphatic carbocycles. The quantitative estimate of drug-likeness (QED) is 0.839. The fraction of sp³-hybridized carbons (Fsp3) is 0.688. The number of carbonyl (C=O) groups excluding carboxylic acids is 1. The van der Waals surface area contributed by atoms with Crippen LogP contribution in [0.5, 0.6) is 0 Å². The van der Waals surface area contributed by atoms with E-state index in [1.807, 2.05) is 26.2 Å². The van der Waals surface area contributed by atoms with E-state index < -0.39 is 0 Å². The van der Waals surface area contributed by atoms with Crippen molar-refractivity contribution in [2.24, 2.45) is 5.92 Å². The van der Waals surface area contributed by atoms with Crippen LogP contribution in [0.4, 0.5) is 0 Å².